The molecule has 0 saturated carbocycles. The predicted octanol–water partition coefficient (Wildman–Crippen LogP) is 2.01. The molecule has 3 N–H and O–H groups in total. The number of rotatable bonds is 12. The second-order valence-corrected chi connectivity index (χ2v) is 7.15. The lowest BCUT2D eigenvalue weighted by Crippen LogP contribution is -2.38. The number of nitrogens with zero attached hydrogens (tertiary/aromatic N) is 1. The fraction of sp³-hybridized carbons (Fsp3) is 0.333. The topological polar surface area (TPSA) is 127 Å². The largest absolute Gasteiger partial charge is 0.490 e. The van der Waals surface area contributed by atoms with Gasteiger partial charge in [0, 0.05) is 25.9 Å². The SMILES string of the molecule is CCOc1cc(/C=N\NC(=O)C(=O)NCCCOC)ccc1OCC(=O)Nc1cccc(C)c1. The van der Waals surface area contributed by atoms with Crippen LogP contribution in [0, 0.1) is 6.92 Å². The summed E-state index contributed by atoms with van der Waals surface area (Å²) in [6, 6.07) is 12.4. The number of aryl methyl sites for hydroxylation is 1. The van der Waals surface area contributed by atoms with Gasteiger partial charge in [-0.2, -0.15) is 5.10 Å². The molecule has 0 aromatic heterocycles. The number of hydrogen-bond donors (Lipinski definition) is 3. The average Bonchev–Trinajstić information content (AvgIpc) is 2.81. The number of benzene rings is 2. The number of methoxy groups -OCH3 is 1. The van der Waals surface area contributed by atoms with E-state index >= 15 is 0 Å². The van der Waals surface area contributed by atoms with Crippen LogP contribution in [0.2, 0.25) is 0 Å². The Bertz CT molecular complexity index is 1010. The van der Waals surface area contributed by atoms with E-state index in [1.165, 1.54) is 6.21 Å². The molecule has 0 aliphatic rings. The number of carbonyl (C=O) groups is 3. The normalized spacial score (nSPS) is 10.6. The molecular formula is C24H30N4O6. The van der Waals surface area contributed by atoms with Crippen molar-refractivity contribution in [3.63, 3.8) is 0 Å². The first kappa shape index (κ1) is 26.3. The monoisotopic (exact) mass is 470 g/mol. The second kappa shape index (κ2) is 14.3. The van der Waals surface area contributed by atoms with E-state index in [2.05, 4.69) is 21.2 Å². The van der Waals surface area contributed by atoms with Gasteiger partial charge in [-0.3, -0.25) is 14.4 Å². The van der Waals surface area contributed by atoms with Gasteiger partial charge in [0.2, 0.25) is 0 Å². The van der Waals surface area contributed by atoms with Gasteiger partial charge in [-0.15, -0.1) is 0 Å². The lowest BCUT2D eigenvalue weighted by atomic mass is 10.2. The minimum absolute atomic E-state index is 0.197. The quantitative estimate of drug-likeness (QED) is 0.188. The predicted molar refractivity (Wildman–Crippen MR) is 128 cm³/mol. The smallest absolute Gasteiger partial charge is 0.329 e. The third kappa shape index (κ3) is 9.29. The fourth-order valence-corrected chi connectivity index (χ4v) is 2.77. The maximum Gasteiger partial charge on any atom is 0.329 e. The maximum atomic E-state index is 12.2. The second-order valence-electron chi connectivity index (χ2n) is 7.15. The van der Waals surface area contributed by atoms with Gasteiger partial charge in [-0.25, -0.2) is 5.43 Å². The summed E-state index contributed by atoms with van der Waals surface area (Å²) in [7, 11) is 1.56. The number of amides is 3. The molecule has 2 rings (SSSR count). The average molecular weight is 471 g/mol. The van der Waals surface area contributed by atoms with Gasteiger partial charge in [-0.1, -0.05) is 12.1 Å². The molecule has 0 spiro atoms. The van der Waals surface area contributed by atoms with Crippen LogP contribution in [0.5, 0.6) is 11.5 Å². The number of ether oxygens (including phenoxy) is 3. The highest BCUT2D eigenvalue weighted by atomic mass is 16.5. The van der Waals surface area contributed by atoms with E-state index in [9.17, 15) is 14.4 Å². The molecule has 0 saturated heterocycles. The molecule has 0 heterocycles. The molecule has 0 bridgehead atoms. The molecule has 0 unspecified atom stereocenters. The molecule has 0 radical (unpaired) electrons. The highest BCUT2D eigenvalue weighted by Crippen LogP contribution is 2.28. The molecule has 0 aliphatic heterocycles. The molecule has 10 nitrogen and oxygen atoms in total. The van der Waals surface area contributed by atoms with Crippen LogP contribution in [0.15, 0.2) is 47.6 Å². The van der Waals surface area contributed by atoms with Crippen molar-refractivity contribution in [3.8, 4) is 11.5 Å². The summed E-state index contributed by atoms with van der Waals surface area (Å²) in [6.45, 7) is 4.76. The van der Waals surface area contributed by atoms with Crippen molar-refractivity contribution in [3.05, 3.63) is 53.6 Å². The molecule has 182 valence electrons. The summed E-state index contributed by atoms with van der Waals surface area (Å²) in [5.74, 6) is -1.16. The minimum atomic E-state index is -0.877. The Hall–Kier alpha value is -3.92. The first-order chi connectivity index (χ1) is 16.4. The van der Waals surface area contributed by atoms with E-state index in [4.69, 9.17) is 14.2 Å². The van der Waals surface area contributed by atoms with Crippen molar-refractivity contribution < 1.29 is 28.6 Å². The van der Waals surface area contributed by atoms with Crippen LogP contribution >= 0.6 is 0 Å². The third-order valence-corrected chi connectivity index (χ3v) is 4.32. The first-order valence-corrected chi connectivity index (χ1v) is 10.8. The Balaban J connectivity index is 1.90. The molecular weight excluding hydrogens is 440 g/mol. The first-order valence-electron chi connectivity index (χ1n) is 10.8. The standard InChI is InChI=1S/C24H30N4O6/c1-4-33-21-14-18(15-26-28-24(31)23(30)25-11-6-12-32-3)9-10-20(21)34-16-22(29)27-19-8-5-7-17(2)13-19/h5,7-10,13-15H,4,6,11-12,16H2,1-3H3,(H,25,30)(H,27,29)(H,28,31)/b26-15-. The zero-order valence-corrected chi connectivity index (χ0v) is 19.6. The van der Waals surface area contributed by atoms with E-state index < -0.39 is 11.8 Å². The third-order valence-electron chi connectivity index (χ3n) is 4.32. The summed E-state index contributed by atoms with van der Waals surface area (Å²) >= 11 is 0. The van der Waals surface area contributed by atoms with E-state index in [-0.39, 0.29) is 12.5 Å². The van der Waals surface area contributed by atoms with Crippen molar-refractivity contribution in [1.29, 1.82) is 0 Å². The van der Waals surface area contributed by atoms with E-state index in [0.717, 1.165) is 5.56 Å². The highest BCUT2D eigenvalue weighted by Gasteiger charge is 2.12. The Labute approximate surface area is 198 Å². The van der Waals surface area contributed by atoms with Crippen LogP contribution in [0.4, 0.5) is 5.69 Å². The van der Waals surface area contributed by atoms with E-state index in [1.807, 2.05) is 32.0 Å². The summed E-state index contributed by atoms with van der Waals surface area (Å²) in [5.41, 5.74) is 4.49. The minimum Gasteiger partial charge on any atom is -0.490 e. The van der Waals surface area contributed by atoms with Crippen LogP contribution in [-0.4, -0.2) is 57.4 Å². The molecule has 2 aromatic rings. The zero-order valence-electron chi connectivity index (χ0n) is 19.6. The van der Waals surface area contributed by atoms with Crippen LogP contribution in [0.25, 0.3) is 0 Å². The number of hydrogen-bond acceptors (Lipinski definition) is 7. The Morgan fingerprint density at radius 2 is 1.85 bits per heavy atom. The van der Waals surface area contributed by atoms with Crippen molar-refractivity contribution in [2.24, 2.45) is 5.10 Å². The van der Waals surface area contributed by atoms with Crippen molar-refractivity contribution >= 4 is 29.6 Å². The zero-order chi connectivity index (χ0) is 24.8. The Kier molecular flexibility index (Phi) is 11.1. The molecule has 0 fully saturated rings. The molecule has 2 aromatic carbocycles. The molecule has 0 aliphatic carbocycles. The van der Waals surface area contributed by atoms with Gasteiger partial charge in [0.1, 0.15) is 0 Å². The van der Waals surface area contributed by atoms with E-state index in [1.54, 1.807) is 31.4 Å². The maximum absolute atomic E-state index is 12.2. The van der Waals surface area contributed by atoms with Crippen molar-refractivity contribution in [1.82, 2.24) is 10.7 Å². The lowest BCUT2D eigenvalue weighted by molar-refractivity contribution is -0.139. The number of carbonyl (C=O) groups excluding carboxylic acids is 3. The summed E-state index contributed by atoms with van der Waals surface area (Å²) < 4.78 is 16.1. The van der Waals surface area contributed by atoms with Crippen molar-refractivity contribution in [2.75, 3.05) is 38.8 Å². The van der Waals surface area contributed by atoms with Gasteiger partial charge in [0.25, 0.3) is 5.91 Å². The lowest BCUT2D eigenvalue weighted by Gasteiger charge is -2.13. The fourth-order valence-electron chi connectivity index (χ4n) is 2.77. The Morgan fingerprint density at radius 3 is 2.59 bits per heavy atom. The van der Waals surface area contributed by atoms with Crippen molar-refractivity contribution in [2.45, 2.75) is 20.3 Å². The van der Waals surface area contributed by atoms with Gasteiger partial charge in [-0.05, 0) is 61.7 Å². The van der Waals surface area contributed by atoms with Crippen LogP contribution in [0.1, 0.15) is 24.5 Å². The van der Waals surface area contributed by atoms with Crippen LogP contribution in [0.3, 0.4) is 0 Å². The van der Waals surface area contributed by atoms with Gasteiger partial charge in [0.15, 0.2) is 18.1 Å². The summed E-state index contributed by atoms with van der Waals surface area (Å²) in [4.78, 5) is 35.7. The number of hydrazone groups is 1. The molecule has 34 heavy (non-hydrogen) atoms. The van der Waals surface area contributed by atoms with Crippen LogP contribution in [-0.2, 0) is 19.1 Å². The van der Waals surface area contributed by atoms with E-state index in [0.29, 0.717) is 48.9 Å². The van der Waals surface area contributed by atoms with Gasteiger partial charge >= 0.3 is 11.8 Å². The molecule has 3 amide bonds. The molecule has 0 atom stereocenters. The van der Waals surface area contributed by atoms with Gasteiger partial charge in [0.05, 0.1) is 12.8 Å². The van der Waals surface area contributed by atoms with Gasteiger partial charge < -0.3 is 24.8 Å². The number of anilines is 1. The summed E-state index contributed by atoms with van der Waals surface area (Å²) in [6.07, 6.45) is 1.97. The Morgan fingerprint density at radius 1 is 1.03 bits per heavy atom. The molecule has 10 heteroatoms. The number of nitrogens with one attached hydrogen (secondary N) is 3. The summed E-state index contributed by atoms with van der Waals surface area (Å²) in [5, 5.41) is 9.04. The highest BCUT2D eigenvalue weighted by molar-refractivity contribution is 6.35. The van der Waals surface area contributed by atoms with Crippen LogP contribution < -0.4 is 25.5 Å².